The molecule has 0 bridgehead atoms. The molecule has 0 saturated carbocycles. The second kappa shape index (κ2) is 10.0. The molecule has 0 fully saturated rings. The minimum Gasteiger partial charge on any atom is -0.422 e. The smallest absolute Gasteiger partial charge is 0.345 e. The Balaban J connectivity index is 1.65. The van der Waals surface area contributed by atoms with E-state index in [9.17, 15) is 9.59 Å². The summed E-state index contributed by atoms with van der Waals surface area (Å²) in [5, 5.41) is 6.64. The Morgan fingerprint density at radius 3 is 2.36 bits per heavy atom. The summed E-state index contributed by atoms with van der Waals surface area (Å²) >= 11 is 18.1. The Labute approximate surface area is 204 Å². The fourth-order valence-electron chi connectivity index (χ4n) is 3.17. The zero-order chi connectivity index (χ0) is 23.4. The Morgan fingerprint density at radius 1 is 0.818 bits per heavy atom. The number of benzene rings is 4. The van der Waals surface area contributed by atoms with Crippen LogP contribution in [0.2, 0.25) is 15.1 Å². The summed E-state index contributed by atoms with van der Waals surface area (Å²) in [7, 11) is 0. The van der Waals surface area contributed by atoms with E-state index in [2.05, 4.69) is 10.5 Å². The Morgan fingerprint density at radius 2 is 1.58 bits per heavy atom. The maximum Gasteiger partial charge on any atom is 0.345 e. The number of nitrogens with zero attached hydrogens (tertiary/aromatic N) is 1. The number of rotatable bonds is 5. The third-order valence-corrected chi connectivity index (χ3v) is 5.64. The summed E-state index contributed by atoms with van der Waals surface area (Å²) in [6.45, 7) is 0. The minimum absolute atomic E-state index is 0.170. The molecule has 1 amide bonds. The Hall–Kier alpha value is -3.38. The molecule has 0 aromatic heterocycles. The summed E-state index contributed by atoms with van der Waals surface area (Å²) in [4.78, 5) is 25.2. The first-order valence-electron chi connectivity index (χ1n) is 9.71. The van der Waals surface area contributed by atoms with Gasteiger partial charge in [0, 0.05) is 10.6 Å². The van der Waals surface area contributed by atoms with Crippen LogP contribution >= 0.6 is 34.8 Å². The molecule has 0 atom stereocenters. The summed E-state index contributed by atoms with van der Waals surface area (Å²) in [6, 6.07) is 22.1. The SMILES string of the molecule is O=C(N/N=C/c1c(OC(=O)c2ccc(Cl)cc2Cl)ccc2ccccc12)c1ccccc1Cl. The van der Waals surface area contributed by atoms with Crippen molar-refractivity contribution < 1.29 is 14.3 Å². The van der Waals surface area contributed by atoms with Gasteiger partial charge >= 0.3 is 5.97 Å². The van der Waals surface area contributed by atoms with Crippen molar-refractivity contribution in [3.8, 4) is 5.75 Å². The van der Waals surface area contributed by atoms with Crippen molar-refractivity contribution in [2.75, 3.05) is 0 Å². The Bertz CT molecular complexity index is 1400. The third-order valence-electron chi connectivity index (χ3n) is 4.76. The van der Waals surface area contributed by atoms with Crippen LogP contribution in [0.1, 0.15) is 26.3 Å². The fraction of sp³-hybridized carbons (Fsp3) is 0. The number of hydrazone groups is 1. The van der Waals surface area contributed by atoms with E-state index in [-0.39, 0.29) is 16.3 Å². The molecule has 0 aliphatic carbocycles. The lowest BCUT2D eigenvalue weighted by Gasteiger charge is -2.11. The van der Waals surface area contributed by atoms with Crippen LogP contribution < -0.4 is 10.2 Å². The summed E-state index contributed by atoms with van der Waals surface area (Å²) < 4.78 is 5.63. The van der Waals surface area contributed by atoms with Gasteiger partial charge in [0.2, 0.25) is 0 Å². The van der Waals surface area contributed by atoms with Crippen molar-refractivity contribution in [1.82, 2.24) is 5.43 Å². The minimum atomic E-state index is -0.651. The van der Waals surface area contributed by atoms with E-state index < -0.39 is 11.9 Å². The van der Waals surface area contributed by atoms with Crippen LogP contribution in [0, 0.1) is 0 Å². The summed E-state index contributed by atoms with van der Waals surface area (Å²) in [5.41, 5.74) is 3.42. The lowest BCUT2D eigenvalue weighted by atomic mass is 10.0. The molecule has 0 aliphatic heterocycles. The van der Waals surface area contributed by atoms with Gasteiger partial charge in [-0.15, -0.1) is 0 Å². The average Bonchev–Trinajstić information content (AvgIpc) is 2.80. The van der Waals surface area contributed by atoms with Crippen molar-refractivity contribution in [2.24, 2.45) is 5.10 Å². The number of esters is 1. The summed E-state index contributed by atoms with van der Waals surface area (Å²) in [6.07, 6.45) is 1.42. The molecule has 0 radical (unpaired) electrons. The van der Waals surface area contributed by atoms with E-state index in [1.54, 1.807) is 36.4 Å². The average molecular weight is 498 g/mol. The number of hydrogen-bond acceptors (Lipinski definition) is 4. The van der Waals surface area contributed by atoms with Gasteiger partial charge < -0.3 is 4.74 Å². The normalized spacial score (nSPS) is 11.0. The number of nitrogens with one attached hydrogen (secondary N) is 1. The fourth-order valence-corrected chi connectivity index (χ4v) is 3.88. The van der Waals surface area contributed by atoms with E-state index in [0.717, 1.165) is 10.8 Å². The first kappa shape index (κ1) is 22.8. The molecule has 4 aromatic rings. The van der Waals surface area contributed by atoms with E-state index in [4.69, 9.17) is 39.5 Å². The lowest BCUT2D eigenvalue weighted by Crippen LogP contribution is -2.18. The van der Waals surface area contributed by atoms with Crippen molar-refractivity contribution in [1.29, 1.82) is 0 Å². The molecule has 0 aliphatic rings. The highest BCUT2D eigenvalue weighted by molar-refractivity contribution is 6.36. The zero-order valence-electron chi connectivity index (χ0n) is 16.9. The van der Waals surface area contributed by atoms with Gasteiger partial charge in [0.1, 0.15) is 5.75 Å². The lowest BCUT2D eigenvalue weighted by molar-refractivity contribution is 0.0734. The van der Waals surface area contributed by atoms with Crippen LogP contribution in [0.4, 0.5) is 0 Å². The van der Waals surface area contributed by atoms with E-state index in [0.29, 0.717) is 21.2 Å². The number of amides is 1. The molecule has 0 heterocycles. The molecule has 5 nitrogen and oxygen atoms in total. The maximum atomic E-state index is 12.8. The standard InChI is InChI=1S/C25H15Cl3N2O3/c26-16-10-11-19(22(28)13-16)25(32)33-23-12-9-15-5-1-2-6-17(15)20(23)14-29-30-24(31)18-7-3-4-8-21(18)27/h1-14H,(H,30,31)/b29-14+. The van der Waals surface area contributed by atoms with Gasteiger partial charge in [-0.05, 0) is 47.2 Å². The third kappa shape index (κ3) is 5.17. The van der Waals surface area contributed by atoms with Crippen LogP contribution in [0.15, 0.2) is 84.0 Å². The number of halogens is 3. The summed E-state index contributed by atoms with van der Waals surface area (Å²) in [5.74, 6) is -0.870. The quantitative estimate of drug-likeness (QED) is 0.143. The number of fused-ring (bicyclic) bond motifs is 1. The topological polar surface area (TPSA) is 67.8 Å². The highest BCUT2D eigenvalue weighted by atomic mass is 35.5. The molecule has 4 rings (SSSR count). The van der Waals surface area contributed by atoms with Crippen LogP contribution in [0.3, 0.4) is 0 Å². The van der Waals surface area contributed by atoms with Crippen molar-refractivity contribution in [2.45, 2.75) is 0 Å². The molecule has 0 unspecified atom stereocenters. The highest BCUT2D eigenvalue weighted by Gasteiger charge is 2.16. The molecule has 33 heavy (non-hydrogen) atoms. The van der Waals surface area contributed by atoms with Gasteiger partial charge in [-0.1, -0.05) is 77.3 Å². The first-order chi connectivity index (χ1) is 15.9. The largest absolute Gasteiger partial charge is 0.422 e. The highest BCUT2D eigenvalue weighted by Crippen LogP contribution is 2.29. The van der Waals surface area contributed by atoms with Gasteiger partial charge in [0.25, 0.3) is 5.91 Å². The van der Waals surface area contributed by atoms with Crippen LogP contribution in [0.5, 0.6) is 5.75 Å². The maximum absolute atomic E-state index is 12.8. The first-order valence-corrected chi connectivity index (χ1v) is 10.8. The number of carbonyl (C=O) groups excluding carboxylic acids is 2. The monoisotopic (exact) mass is 496 g/mol. The zero-order valence-corrected chi connectivity index (χ0v) is 19.2. The van der Waals surface area contributed by atoms with E-state index in [1.165, 1.54) is 18.3 Å². The molecule has 0 spiro atoms. The second-order valence-electron chi connectivity index (χ2n) is 6.89. The second-order valence-corrected chi connectivity index (χ2v) is 8.14. The molecule has 164 valence electrons. The van der Waals surface area contributed by atoms with Crippen LogP contribution in [-0.4, -0.2) is 18.1 Å². The molecule has 8 heteroatoms. The van der Waals surface area contributed by atoms with Crippen molar-refractivity contribution in [3.63, 3.8) is 0 Å². The molecular weight excluding hydrogens is 483 g/mol. The van der Waals surface area contributed by atoms with Gasteiger partial charge in [0.15, 0.2) is 0 Å². The predicted octanol–water partition coefficient (Wildman–Crippen LogP) is 6.78. The van der Waals surface area contributed by atoms with E-state index in [1.807, 2.05) is 30.3 Å². The predicted molar refractivity (Wildman–Crippen MR) is 132 cm³/mol. The van der Waals surface area contributed by atoms with Crippen molar-refractivity contribution >= 4 is 63.7 Å². The Kier molecular flexibility index (Phi) is 6.94. The number of carbonyl (C=O) groups is 2. The molecule has 4 aromatic carbocycles. The number of ether oxygens (including phenoxy) is 1. The van der Waals surface area contributed by atoms with Crippen LogP contribution in [-0.2, 0) is 0 Å². The van der Waals surface area contributed by atoms with Gasteiger partial charge in [-0.25, -0.2) is 10.2 Å². The van der Waals surface area contributed by atoms with Crippen molar-refractivity contribution in [3.05, 3.63) is 111 Å². The van der Waals surface area contributed by atoms with Gasteiger partial charge in [0.05, 0.1) is 27.4 Å². The molecule has 1 N–H and O–H groups in total. The van der Waals surface area contributed by atoms with Crippen LogP contribution in [0.25, 0.3) is 10.8 Å². The van der Waals surface area contributed by atoms with E-state index >= 15 is 0 Å². The van der Waals surface area contributed by atoms with Gasteiger partial charge in [-0.2, -0.15) is 5.10 Å². The van der Waals surface area contributed by atoms with Gasteiger partial charge in [-0.3, -0.25) is 4.79 Å². The number of hydrogen-bond donors (Lipinski definition) is 1. The molecule has 0 saturated heterocycles. The molecular formula is C25H15Cl3N2O3.